The van der Waals surface area contributed by atoms with E-state index in [-0.39, 0.29) is 29.1 Å². The van der Waals surface area contributed by atoms with Gasteiger partial charge < -0.3 is 10.2 Å². The maximum atomic E-state index is 12.2. The van der Waals surface area contributed by atoms with Gasteiger partial charge in [-0.25, -0.2) is 0 Å². The molecule has 0 radical (unpaired) electrons. The van der Waals surface area contributed by atoms with Crippen LogP contribution >= 0.6 is 11.8 Å². The number of nitrogens with one attached hydrogen (secondary N) is 1. The summed E-state index contributed by atoms with van der Waals surface area (Å²) in [5, 5.41) is 3.43. The molecule has 0 saturated carbocycles. The summed E-state index contributed by atoms with van der Waals surface area (Å²) in [6.45, 7) is 4.38. The number of rotatable bonds is 3. The lowest BCUT2D eigenvalue weighted by Gasteiger charge is -2.36. The lowest BCUT2D eigenvalue weighted by Crippen LogP contribution is -2.56. The molecule has 0 aromatic heterocycles. The molecule has 2 aliphatic rings. The second-order valence-corrected chi connectivity index (χ2v) is 5.56. The molecule has 0 aromatic rings. The van der Waals surface area contributed by atoms with Crippen LogP contribution in [0.3, 0.4) is 0 Å². The van der Waals surface area contributed by atoms with E-state index in [1.54, 1.807) is 18.7 Å². The summed E-state index contributed by atoms with van der Waals surface area (Å²) >= 11 is 1.74. The largest absolute Gasteiger partial charge is 0.318 e. The summed E-state index contributed by atoms with van der Waals surface area (Å²) in [5.41, 5.74) is 0. The van der Waals surface area contributed by atoms with E-state index >= 15 is 0 Å². The Morgan fingerprint density at radius 2 is 2.31 bits per heavy atom. The Morgan fingerprint density at radius 1 is 1.56 bits per heavy atom. The molecular formula is C11H18N2O2S. The maximum absolute atomic E-state index is 12.2. The number of hydrogen-bond acceptors (Lipinski definition) is 4. The number of thioether (sulfide) groups is 1. The summed E-state index contributed by atoms with van der Waals surface area (Å²) in [4.78, 5) is 25.5. The van der Waals surface area contributed by atoms with Gasteiger partial charge in [0.2, 0.25) is 5.91 Å². The van der Waals surface area contributed by atoms with Gasteiger partial charge in [-0.15, -0.1) is 11.8 Å². The maximum Gasteiger partial charge on any atom is 0.241 e. The van der Waals surface area contributed by atoms with Gasteiger partial charge in [-0.3, -0.25) is 9.59 Å². The highest BCUT2D eigenvalue weighted by Crippen LogP contribution is 2.36. The normalized spacial score (nSPS) is 34.0. The minimum absolute atomic E-state index is 0.0817. The van der Waals surface area contributed by atoms with Gasteiger partial charge in [0.1, 0.15) is 6.04 Å². The Bertz CT molecular complexity index is 308. The van der Waals surface area contributed by atoms with Crippen LogP contribution in [0, 0.1) is 0 Å². The first-order valence-electron chi connectivity index (χ1n) is 5.82. The van der Waals surface area contributed by atoms with Crippen molar-refractivity contribution in [2.24, 2.45) is 0 Å². The smallest absolute Gasteiger partial charge is 0.241 e. The molecule has 0 aromatic carbocycles. The van der Waals surface area contributed by atoms with Crippen molar-refractivity contribution in [1.29, 1.82) is 0 Å². The van der Waals surface area contributed by atoms with Crippen LogP contribution in [0.1, 0.15) is 26.7 Å². The Kier molecular flexibility index (Phi) is 3.54. The molecule has 4 nitrogen and oxygen atoms in total. The first kappa shape index (κ1) is 11.9. The molecule has 2 heterocycles. The van der Waals surface area contributed by atoms with E-state index in [0.717, 1.165) is 25.1 Å². The number of carbonyl (C=O) groups excluding carboxylic acids is 2. The molecule has 2 saturated heterocycles. The molecule has 3 unspecified atom stereocenters. The molecule has 5 heteroatoms. The number of fused-ring (bicyclic) bond motifs is 1. The van der Waals surface area contributed by atoms with E-state index in [2.05, 4.69) is 5.32 Å². The highest BCUT2D eigenvalue weighted by Gasteiger charge is 2.45. The van der Waals surface area contributed by atoms with Gasteiger partial charge in [0.15, 0.2) is 5.78 Å². The minimum Gasteiger partial charge on any atom is -0.318 e. The van der Waals surface area contributed by atoms with Gasteiger partial charge in [-0.2, -0.15) is 0 Å². The molecule has 2 fully saturated rings. The summed E-state index contributed by atoms with van der Waals surface area (Å²) < 4.78 is 0. The van der Waals surface area contributed by atoms with Crippen molar-refractivity contribution < 1.29 is 9.59 Å². The zero-order valence-electron chi connectivity index (χ0n) is 9.73. The van der Waals surface area contributed by atoms with Crippen LogP contribution < -0.4 is 5.32 Å². The number of amides is 1. The predicted octanol–water partition coefficient (Wildman–Crippen LogP) is 0.617. The zero-order chi connectivity index (χ0) is 11.7. The fourth-order valence-electron chi connectivity index (χ4n) is 2.44. The summed E-state index contributed by atoms with van der Waals surface area (Å²) in [6, 6.07) is -0.272. The summed E-state index contributed by atoms with van der Waals surface area (Å²) in [5.74, 6) is 0.994. The third kappa shape index (κ3) is 1.98. The van der Waals surface area contributed by atoms with E-state index in [4.69, 9.17) is 0 Å². The van der Waals surface area contributed by atoms with E-state index in [0.29, 0.717) is 0 Å². The van der Waals surface area contributed by atoms with E-state index < -0.39 is 0 Å². The second kappa shape index (κ2) is 4.75. The first-order chi connectivity index (χ1) is 7.65. The molecule has 0 spiro atoms. The number of likely N-dealkylation sites (N-methyl/N-ethyl adjacent to an activating group) is 1. The molecule has 16 heavy (non-hydrogen) atoms. The van der Waals surface area contributed by atoms with Crippen molar-refractivity contribution in [1.82, 2.24) is 10.2 Å². The van der Waals surface area contributed by atoms with Crippen LogP contribution in [0.15, 0.2) is 0 Å². The number of piperidine rings is 1. The highest BCUT2D eigenvalue weighted by molar-refractivity contribution is 8.00. The third-order valence-corrected chi connectivity index (χ3v) is 4.62. The van der Waals surface area contributed by atoms with Crippen molar-refractivity contribution in [2.75, 3.05) is 12.3 Å². The van der Waals surface area contributed by atoms with Gasteiger partial charge in [0.25, 0.3) is 0 Å². The topological polar surface area (TPSA) is 49.4 Å². The monoisotopic (exact) mass is 242 g/mol. The minimum atomic E-state index is -0.191. The Balaban J connectivity index is 2.12. The molecule has 3 atom stereocenters. The fourth-order valence-corrected chi connectivity index (χ4v) is 3.96. The van der Waals surface area contributed by atoms with Crippen LogP contribution in [0.2, 0.25) is 0 Å². The van der Waals surface area contributed by atoms with Gasteiger partial charge in [0.05, 0.1) is 11.4 Å². The van der Waals surface area contributed by atoms with Gasteiger partial charge >= 0.3 is 0 Å². The Morgan fingerprint density at radius 3 is 2.94 bits per heavy atom. The lowest BCUT2D eigenvalue weighted by molar-refractivity contribution is -0.142. The molecule has 90 valence electrons. The van der Waals surface area contributed by atoms with Crippen molar-refractivity contribution in [3.05, 3.63) is 0 Å². The highest BCUT2D eigenvalue weighted by atomic mass is 32.2. The molecule has 2 aliphatic heterocycles. The van der Waals surface area contributed by atoms with Crippen LogP contribution in [0.5, 0.6) is 0 Å². The number of nitrogens with zero attached hydrogens (tertiary/aromatic N) is 1. The second-order valence-electron chi connectivity index (χ2n) is 4.35. The quantitative estimate of drug-likeness (QED) is 0.788. The molecular weight excluding hydrogens is 224 g/mol. The average molecular weight is 242 g/mol. The molecule has 1 N–H and O–H groups in total. The van der Waals surface area contributed by atoms with Crippen LogP contribution in [0.25, 0.3) is 0 Å². The fraction of sp³-hybridized carbons (Fsp3) is 0.818. The Labute approximate surface area is 100 Å². The number of carbonyl (C=O) groups is 2. The van der Waals surface area contributed by atoms with E-state index in [9.17, 15) is 9.59 Å². The van der Waals surface area contributed by atoms with Crippen LogP contribution in [-0.2, 0) is 9.59 Å². The van der Waals surface area contributed by atoms with Crippen molar-refractivity contribution in [3.63, 3.8) is 0 Å². The van der Waals surface area contributed by atoms with Crippen molar-refractivity contribution >= 4 is 23.5 Å². The molecule has 1 amide bonds. The molecule has 0 aliphatic carbocycles. The number of Topliss-reactive ketones (excluding diaryl/α,β-unsaturated/α-hetero) is 1. The van der Waals surface area contributed by atoms with Gasteiger partial charge in [-0.05, 0) is 26.3 Å². The van der Waals surface area contributed by atoms with Gasteiger partial charge in [-0.1, -0.05) is 6.92 Å². The predicted molar refractivity (Wildman–Crippen MR) is 64.3 cm³/mol. The third-order valence-electron chi connectivity index (χ3n) is 3.27. The molecule has 2 rings (SSSR count). The van der Waals surface area contributed by atoms with Gasteiger partial charge in [0, 0.05) is 5.75 Å². The average Bonchev–Trinajstić information content (AvgIpc) is 2.67. The first-order valence-corrected chi connectivity index (χ1v) is 6.87. The SMILES string of the molecule is CCNC1CCC2SCC(C(C)=O)N2C1=O. The van der Waals surface area contributed by atoms with Crippen molar-refractivity contribution in [2.45, 2.75) is 44.1 Å². The number of hydrogen-bond donors (Lipinski definition) is 1. The summed E-state index contributed by atoms with van der Waals surface area (Å²) in [7, 11) is 0. The van der Waals surface area contributed by atoms with E-state index in [1.807, 2.05) is 11.8 Å². The van der Waals surface area contributed by atoms with E-state index in [1.165, 1.54) is 0 Å². The summed E-state index contributed by atoms with van der Waals surface area (Å²) in [6.07, 6.45) is 1.89. The lowest BCUT2D eigenvalue weighted by atomic mass is 10.0. The van der Waals surface area contributed by atoms with Crippen LogP contribution in [0.4, 0.5) is 0 Å². The standard InChI is InChI=1S/C11H18N2O2S/c1-3-12-8-4-5-10-13(11(8)15)9(6-16-10)7(2)14/h8-10,12H,3-6H2,1-2H3. The Hall–Kier alpha value is -0.550. The van der Waals surface area contributed by atoms with Crippen molar-refractivity contribution in [3.8, 4) is 0 Å². The van der Waals surface area contributed by atoms with Crippen LogP contribution in [-0.4, -0.2) is 46.3 Å². The number of ketones is 1. The zero-order valence-corrected chi connectivity index (χ0v) is 10.5. The molecule has 0 bridgehead atoms.